The Balaban J connectivity index is 2.27. The van der Waals surface area contributed by atoms with Crippen LogP contribution in [0.4, 0.5) is 17.6 Å². The van der Waals surface area contributed by atoms with Gasteiger partial charge in [0.05, 0.1) is 5.56 Å². The van der Waals surface area contributed by atoms with E-state index in [-0.39, 0.29) is 5.56 Å². The lowest BCUT2D eigenvalue weighted by atomic mass is 10.0. The molecule has 0 saturated carbocycles. The van der Waals surface area contributed by atoms with Gasteiger partial charge in [0.2, 0.25) is 0 Å². The highest BCUT2D eigenvalue weighted by Crippen LogP contribution is 2.35. The second-order valence-electron chi connectivity index (χ2n) is 4.39. The lowest BCUT2D eigenvalue weighted by Crippen LogP contribution is -2.08. The van der Waals surface area contributed by atoms with E-state index in [9.17, 15) is 17.6 Å². The van der Waals surface area contributed by atoms with Gasteiger partial charge in [-0.2, -0.15) is 13.2 Å². The maximum absolute atomic E-state index is 13.7. The van der Waals surface area contributed by atoms with Crippen LogP contribution in [0.5, 0.6) is 0 Å². The van der Waals surface area contributed by atoms with Crippen molar-refractivity contribution in [2.24, 2.45) is 0 Å². The van der Waals surface area contributed by atoms with Crippen LogP contribution in [0.15, 0.2) is 48.5 Å². The summed E-state index contributed by atoms with van der Waals surface area (Å²) >= 11 is 3.27. The summed E-state index contributed by atoms with van der Waals surface area (Å²) in [5.41, 5.74) is 0.0984. The largest absolute Gasteiger partial charge is 0.416 e. The Kier molecular flexibility index (Phi) is 4.48. The molecule has 106 valence electrons. The van der Waals surface area contributed by atoms with E-state index in [4.69, 9.17) is 0 Å². The Morgan fingerprint density at radius 1 is 1.00 bits per heavy atom. The van der Waals surface area contributed by atoms with Gasteiger partial charge in [0.15, 0.2) is 0 Å². The molecule has 0 radical (unpaired) electrons. The van der Waals surface area contributed by atoms with Gasteiger partial charge in [0.25, 0.3) is 0 Å². The number of benzene rings is 2. The molecule has 2 aromatic rings. The van der Waals surface area contributed by atoms with Gasteiger partial charge in [0, 0.05) is 10.4 Å². The molecule has 0 saturated heterocycles. The average Bonchev–Trinajstić information content (AvgIpc) is 2.39. The first-order valence-corrected chi connectivity index (χ1v) is 6.84. The van der Waals surface area contributed by atoms with Crippen LogP contribution in [0, 0.1) is 5.82 Å². The van der Waals surface area contributed by atoms with E-state index in [0.717, 1.165) is 23.8 Å². The first-order chi connectivity index (χ1) is 9.38. The molecule has 1 atom stereocenters. The predicted octanol–water partition coefficient (Wildman–Crippen LogP) is 5.52. The van der Waals surface area contributed by atoms with Crippen LogP contribution in [0.1, 0.15) is 21.5 Å². The zero-order valence-electron chi connectivity index (χ0n) is 10.3. The molecule has 0 spiro atoms. The van der Waals surface area contributed by atoms with Gasteiger partial charge in [-0.25, -0.2) is 4.39 Å². The third kappa shape index (κ3) is 3.60. The van der Waals surface area contributed by atoms with Crippen LogP contribution in [0.3, 0.4) is 0 Å². The fourth-order valence-corrected chi connectivity index (χ4v) is 2.62. The number of hydrogen-bond donors (Lipinski definition) is 0. The molecule has 1 unspecified atom stereocenters. The maximum atomic E-state index is 13.7. The quantitative estimate of drug-likeness (QED) is 0.506. The van der Waals surface area contributed by atoms with Crippen LogP contribution < -0.4 is 0 Å². The molecular formula is C15H11BrF4. The zero-order valence-corrected chi connectivity index (χ0v) is 11.9. The highest BCUT2D eigenvalue weighted by Gasteiger charge is 2.31. The third-order valence-electron chi connectivity index (χ3n) is 2.92. The van der Waals surface area contributed by atoms with Crippen molar-refractivity contribution in [3.8, 4) is 0 Å². The Morgan fingerprint density at radius 2 is 1.65 bits per heavy atom. The van der Waals surface area contributed by atoms with Crippen molar-refractivity contribution in [3.63, 3.8) is 0 Å². The summed E-state index contributed by atoms with van der Waals surface area (Å²) < 4.78 is 51.7. The van der Waals surface area contributed by atoms with Gasteiger partial charge in [-0.1, -0.05) is 46.3 Å². The van der Waals surface area contributed by atoms with Crippen molar-refractivity contribution in [2.75, 3.05) is 0 Å². The monoisotopic (exact) mass is 346 g/mol. The predicted molar refractivity (Wildman–Crippen MR) is 73.2 cm³/mol. The van der Waals surface area contributed by atoms with Crippen LogP contribution in [0.2, 0.25) is 0 Å². The molecule has 0 aliphatic rings. The van der Waals surface area contributed by atoms with Gasteiger partial charge in [0.1, 0.15) is 5.82 Å². The molecule has 0 fully saturated rings. The molecule has 0 aliphatic heterocycles. The van der Waals surface area contributed by atoms with E-state index in [2.05, 4.69) is 15.9 Å². The molecule has 0 nitrogen and oxygen atoms in total. The molecule has 2 aromatic carbocycles. The minimum absolute atomic E-state index is 0.0173. The molecule has 0 bridgehead atoms. The molecule has 20 heavy (non-hydrogen) atoms. The van der Waals surface area contributed by atoms with Crippen molar-refractivity contribution in [3.05, 3.63) is 71.0 Å². The summed E-state index contributed by atoms with van der Waals surface area (Å²) in [7, 11) is 0. The van der Waals surface area contributed by atoms with E-state index in [1.165, 1.54) is 0 Å². The zero-order chi connectivity index (χ0) is 14.8. The molecule has 0 amide bonds. The van der Waals surface area contributed by atoms with Crippen LogP contribution in [0.25, 0.3) is 0 Å². The SMILES string of the molecule is Fc1ccc(C(F)(F)F)cc1C(Br)Cc1ccccc1. The minimum Gasteiger partial charge on any atom is -0.207 e. The van der Waals surface area contributed by atoms with E-state index in [1.54, 1.807) is 0 Å². The van der Waals surface area contributed by atoms with Gasteiger partial charge in [-0.3, -0.25) is 0 Å². The number of alkyl halides is 4. The van der Waals surface area contributed by atoms with Gasteiger partial charge in [-0.15, -0.1) is 0 Å². The van der Waals surface area contributed by atoms with Gasteiger partial charge >= 0.3 is 6.18 Å². The molecule has 0 N–H and O–H groups in total. The molecule has 0 aromatic heterocycles. The fraction of sp³-hybridized carbons (Fsp3) is 0.200. The van der Waals surface area contributed by atoms with Crippen molar-refractivity contribution >= 4 is 15.9 Å². The van der Waals surface area contributed by atoms with Crippen molar-refractivity contribution < 1.29 is 17.6 Å². The van der Waals surface area contributed by atoms with E-state index in [1.807, 2.05) is 30.3 Å². The maximum Gasteiger partial charge on any atom is 0.416 e. The Bertz CT molecular complexity index is 578. The average molecular weight is 347 g/mol. The van der Waals surface area contributed by atoms with Gasteiger partial charge in [-0.05, 0) is 30.2 Å². The van der Waals surface area contributed by atoms with E-state index < -0.39 is 22.4 Å². The Hall–Kier alpha value is -1.36. The molecule has 0 heterocycles. The molecule has 2 rings (SSSR count). The lowest BCUT2D eigenvalue weighted by molar-refractivity contribution is -0.137. The van der Waals surface area contributed by atoms with Gasteiger partial charge < -0.3 is 0 Å². The van der Waals surface area contributed by atoms with Crippen molar-refractivity contribution in [1.82, 2.24) is 0 Å². The Labute approximate surface area is 122 Å². The normalized spacial score (nSPS) is 13.2. The van der Waals surface area contributed by atoms with E-state index in [0.29, 0.717) is 6.42 Å². The first kappa shape index (κ1) is 15.0. The number of rotatable bonds is 3. The summed E-state index contributed by atoms with van der Waals surface area (Å²) in [5.74, 6) is -0.643. The second-order valence-corrected chi connectivity index (χ2v) is 5.50. The lowest BCUT2D eigenvalue weighted by Gasteiger charge is -2.14. The van der Waals surface area contributed by atoms with Crippen molar-refractivity contribution in [2.45, 2.75) is 17.4 Å². The smallest absolute Gasteiger partial charge is 0.207 e. The van der Waals surface area contributed by atoms with Crippen LogP contribution in [-0.4, -0.2) is 0 Å². The topological polar surface area (TPSA) is 0 Å². The summed E-state index contributed by atoms with van der Waals surface area (Å²) in [5, 5.41) is 0. The standard InChI is InChI=1S/C15H11BrF4/c16-13(8-10-4-2-1-3-5-10)12-9-11(15(18,19)20)6-7-14(12)17/h1-7,9,13H,8H2. The number of halogens is 5. The highest BCUT2D eigenvalue weighted by molar-refractivity contribution is 9.09. The van der Waals surface area contributed by atoms with E-state index >= 15 is 0 Å². The first-order valence-electron chi connectivity index (χ1n) is 5.92. The molecule has 5 heteroatoms. The summed E-state index contributed by atoms with van der Waals surface area (Å²) in [4.78, 5) is -0.507. The summed E-state index contributed by atoms with van der Waals surface area (Å²) in [6, 6.07) is 11.7. The Morgan fingerprint density at radius 3 is 2.25 bits per heavy atom. The molecule has 0 aliphatic carbocycles. The second kappa shape index (κ2) is 5.95. The van der Waals surface area contributed by atoms with Crippen molar-refractivity contribution in [1.29, 1.82) is 0 Å². The molecular weight excluding hydrogens is 336 g/mol. The van der Waals surface area contributed by atoms with Crippen LogP contribution in [-0.2, 0) is 12.6 Å². The van der Waals surface area contributed by atoms with Crippen LogP contribution >= 0.6 is 15.9 Å². The number of hydrogen-bond acceptors (Lipinski definition) is 0. The fourth-order valence-electron chi connectivity index (χ4n) is 1.89. The minimum atomic E-state index is -4.47. The third-order valence-corrected chi connectivity index (χ3v) is 3.74. The summed E-state index contributed by atoms with van der Waals surface area (Å²) in [6.45, 7) is 0. The highest BCUT2D eigenvalue weighted by atomic mass is 79.9. The summed E-state index contributed by atoms with van der Waals surface area (Å²) in [6.07, 6.45) is -4.05.